The van der Waals surface area contributed by atoms with Crippen LogP contribution in [-0.4, -0.2) is 45.2 Å². The van der Waals surface area contributed by atoms with Crippen LogP contribution >= 0.6 is 24.0 Å². The summed E-state index contributed by atoms with van der Waals surface area (Å²) in [6, 6.07) is 14.3. The van der Waals surface area contributed by atoms with Crippen LogP contribution < -0.4 is 20.1 Å². The number of anilines is 1. The molecule has 0 aliphatic carbocycles. The van der Waals surface area contributed by atoms with E-state index in [0.29, 0.717) is 18.9 Å². The van der Waals surface area contributed by atoms with Crippen LogP contribution in [-0.2, 0) is 13.1 Å². The standard InChI is InChI=1S/C22H32N4O2.HI/c1-6-23-22(24-15-17-9-8-10-18(13-17)16-26(3)4)25-19-11-12-20(28-7-2)21(14-19)27-5;/h8-14H,6-7,15-16H2,1-5H3,(H2,23,24,25);1H. The van der Waals surface area contributed by atoms with Crippen molar-refractivity contribution in [2.45, 2.75) is 26.9 Å². The maximum Gasteiger partial charge on any atom is 0.196 e. The van der Waals surface area contributed by atoms with E-state index in [0.717, 1.165) is 30.5 Å². The van der Waals surface area contributed by atoms with Gasteiger partial charge in [-0.15, -0.1) is 24.0 Å². The maximum absolute atomic E-state index is 5.58. The molecule has 0 bridgehead atoms. The van der Waals surface area contributed by atoms with Gasteiger partial charge in [0.25, 0.3) is 0 Å². The topological polar surface area (TPSA) is 58.1 Å². The van der Waals surface area contributed by atoms with E-state index < -0.39 is 0 Å². The third-order valence-corrected chi connectivity index (χ3v) is 3.98. The minimum absolute atomic E-state index is 0. The molecule has 7 heteroatoms. The average molecular weight is 512 g/mol. The van der Waals surface area contributed by atoms with Crippen molar-refractivity contribution in [1.82, 2.24) is 10.2 Å². The number of methoxy groups -OCH3 is 1. The number of hydrogen-bond acceptors (Lipinski definition) is 4. The number of aliphatic imine (C=N–C) groups is 1. The van der Waals surface area contributed by atoms with Gasteiger partial charge in [0.15, 0.2) is 17.5 Å². The van der Waals surface area contributed by atoms with Crippen LogP contribution in [0.15, 0.2) is 47.5 Å². The van der Waals surface area contributed by atoms with Gasteiger partial charge in [-0.1, -0.05) is 24.3 Å². The van der Waals surface area contributed by atoms with Crippen LogP contribution in [0.4, 0.5) is 5.69 Å². The van der Waals surface area contributed by atoms with Crippen molar-refractivity contribution in [1.29, 1.82) is 0 Å². The van der Waals surface area contributed by atoms with Crippen molar-refractivity contribution in [3.8, 4) is 11.5 Å². The van der Waals surface area contributed by atoms with Crippen LogP contribution in [0.2, 0.25) is 0 Å². The number of hydrogen-bond donors (Lipinski definition) is 2. The Kier molecular flexibility index (Phi) is 11.5. The number of nitrogens with one attached hydrogen (secondary N) is 2. The summed E-state index contributed by atoms with van der Waals surface area (Å²) in [6.07, 6.45) is 0. The van der Waals surface area contributed by atoms with Gasteiger partial charge >= 0.3 is 0 Å². The van der Waals surface area contributed by atoms with Crippen molar-refractivity contribution in [3.05, 3.63) is 53.6 Å². The average Bonchev–Trinajstić information content (AvgIpc) is 2.67. The molecule has 0 spiro atoms. The first-order valence-electron chi connectivity index (χ1n) is 9.64. The van der Waals surface area contributed by atoms with Crippen molar-refractivity contribution >= 4 is 35.6 Å². The van der Waals surface area contributed by atoms with Crippen molar-refractivity contribution in [3.63, 3.8) is 0 Å². The Balaban J connectivity index is 0.00000420. The fraction of sp³-hybridized carbons (Fsp3) is 0.409. The van der Waals surface area contributed by atoms with E-state index in [1.165, 1.54) is 11.1 Å². The van der Waals surface area contributed by atoms with E-state index in [1.54, 1.807) is 7.11 Å². The molecule has 6 nitrogen and oxygen atoms in total. The minimum atomic E-state index is 0. The molecule has 0 aliphatic heterocycles. The van der Waals surface area contributed by atoms with Gasteiger partial charge in [0, 0.05) is 24.8 Å². The fourth-order valence-corrected chi connectivity index (χ4v) is 2.83. The number of halogens is 1. The second-order valence-electron chi connectivity index (χ2n) is 6.68. The van der Waals surface area contributed by atoms with E-state index in [1.807, 2.05) is 32.0 Å². The molecule has 0 fully saturated rings. The Bertz CT molecular complexity index is 781. The molecular formula is C22H33IN4O2. The molecule has 0 amide bonds. The van der Waals surface area contributed by atoms with Gasteiger partial charge in [0.1, 0.15) is 0 Å². The van der Waals surface area contributed by atoms with Crippen LogP contribution in [0, 0.1) is 0 Å². The lowest BCUT2D eigenvalue weighted by Crippen LogP contribution is -2.30. The first-order valence-corrected chi connectivity index (χ1v) is 9.64. The summed E-state index contributed by atoms with van der Waals surface area (Å²) in [5, 5.41) is 6.62. The minimum Gasteiger partial charge on any atom is -0.493 e. The predicted molar refractivity (Wildman–Crippen MR) is 132 cm³/mol. The Morgan fingerprint density at radius 1 is 1.03 bits per heavy atom. The van der Waals surface area contributed by atoms with Gasteiger partial charge in [-0.05, 0) is 51.2 Å². The molecule has 0 aromatic heterocycles. The molecule has 2 aromatic rings. The molecule has 0 radical (unpaired) electrons. The SMILES string of the molecule is CCNC(=NCc1cccc(CN(C)C)c1)Nc1ccc(OCC)c(OC)c1.I. The lowest BCUT2D eigenvalue weighted by molar-refractivity contribution is 0.311. The number of nitrogens with zero attached hydrogens (tertiary/aromatic N) is 2. The van der Waals surface area contributed by atoms with Crippen LogP contribution in [0.25, 0.3) is 0 Å². The predicted octanol–water partition coefficient (Wildman–Crippen LogP) is 4.35. The summed E-state index contributed by atoms with van der Waals surface area (Å²) in [5.74, 6) is 2.15. The summed E-state index contributed by atoms with van der Waals surface area (Å²) in [7, 11) is 5.79. The van der Waals surface area contributed by atoms with Crippen molar-refractivity contribution in [2.75, 3.05) is 39.7 Å². The molecule has 0 atom stereocenters. The highest BCUT2D eigenvalue weighted by molar-refractivity contribution is 14.0. The second kappa shape index (κ2) is 13.3. The van der Waals surface area contributed by atoms with Crippen LogP contribution in [0.3, 0.4) is 0 Å². The summed E-state index contributed by atoms with van der Waals surface area (Å²) in [5.41, 5.74) is 3.36. The summed E-state index contributed by atoms with van der Waals surface area (Å²) in [4.78, 5) is 6.88. The summed E-state index contributed by atoms with van der Waals surface area (Å²) in [6.45, 7) is 6.90. The highest BCUT2D eigenvalue weighted by Crippen LogP contribution is 2.30. The van der Waals surface area contributed by atoms with Gasteiger partial charge in [0.2, 0.25) is 0 Å². The molecule has 2 rings (SSSR count). The Labute approximate surface area is 191 Å². The fourth-order valence-electron chi connectivity index (χ4n) is 2.83. The molecule has 0 unspecified atom stereocenters. The Morgan fingerprint density at radius 2 is 1.79 bits per heavy atom. The molecule has 2 aromatic carbocycles. The molecule has 0 aliphatic rings. The Morgan fingerprint density at radius 3 is 2.45 bits per heavy atom. The Hall–Kier alpha value is -2.00. The third-order valence-electron chi connectivity index (χ3n) is 3.98. The van der Waals surface area contributed by atoms with Gasteiger partial charge in [-0.2, -0.15) is 0 Å². The van der Waals surface area contributed by atoms with E-state index in [-0.39, 0.29) is 24.0 Å². The number of rotatable bonds is 9. The number of guanidine groups is 1. The van der Waals surface area contributed by atoms with Gasteiger partial charge in [-0.25, -0.2) is 4.99 Å². The third kappa shape index (κ3) is 8.49. The second-order valence-corrected chi connectivity index (χ2v) is 6.68. The monoisotopic (exact) mass is 512 g/mol. The first kappa shape index (κ1) is 25.0. The van der Waals surface area contributed by atoms with E-state index in [4.69, 9.17) is 14.5 Å². The van der Waals surface area contributed by atoms with E-state index in [2.05, 4.69) is 53.9 Å². The molecule has 2 N–H and O–H groups in total. The highest BCUT2D eigenvalue weighted by Gasteiger charge is 2.07. The molecular weight excluding hydrogens is 479 g/mol. The number of benzene rings is 2. The normalized spacial score (nSPS) is 11.0. The maximum atomic E-state index is 5.58. The molecule has 29 heavy (non-hydrogen) atoms. The van der Waals surface area contributed by atoms with Crippen LogP contribution in [0.5, 0.6) is 11.5 Å². The van der Waals surface area contributed by atoms with E-state index in [9.17, 15) is 0 Å². The van der Waals surface area contributed by atoms with Crippen molar-refractivity contribution < 1.29 is 9.47 Å². The van der Waals surface area contributed by atoms with Crippen LogP contribution in [0.1, 0.15) is 25.0 Å². The molecule has 0 saturated carbocycles. The van der Waals surface area contributed by atoms with E-state index >= 15 is 0 Å². The zero-order chi connectivity index (χ0) is 20.4. The lowest BCUT2D eigenvalue weighted by Gasteiger charge is -2.14. The van der Waals surface area contributed by atoms with Crippen molar-refractivity contribution in [2.24, 2.45) is 4.99 Å². The quantitative estimate of drug-likeness (QED) is 0.297. The molecule has 0 saturated heterocycles. The zero-order valence-corrected chi connectivity index (χ0v) is 20.3. The highest BCUT2D eigenvalue weighted by atomic mass is 127. The molecule has 0 heterocycles. The lowest BCUT2D eigenvalue weighted by atomic mass is 10.1. The van der Waals surface area contributed by atoms with Gasteiger partial charge < -0.3 is 25.0 Å². The number of ether oxygens (including phenoxy) is 2. The summed E-state index contributed by atoms with van der Waals surface area (Å²) < 4.78 is 11.0. The first-order chi connectivity index (χ1) is 13.5. The smallest absolute Gasteiger partial charge is 0.196 e. The summed E-state index contributed by atoms with van der Waals surface area (Å²) >= 11 is 0. The molecule has 160 valence electrons. The zero-order valence-electron chi connectivity index (χ0n) is 18.0. The largest absolute Gasteiger partial charge is 0.493 e. The van der Waals surface area contributed by atoms with Gasteiger partial charge in [-0.3, -0.25) is 0 Å². The van der Waals surface area contributed by atoms with Gasteiger partial charge in [0.05, 0.1) is 20.3 Å².